The summed E-state index contributed by atoms with van der Waals surface area (Å²) in [7, 11) is 0. The van der Waals surface area contributed by atoms with Crippen LogP contribution in [0.5, 0.6) is 0 Å². The van der Waals surface area contributed by atoms with Gasteiger partial charge in [0.1, 0.15) is 0 Å². The van der Waals surface area contributed by atoms with Crippen molar-refractivity contribution in [2.24, 2.45) is 0 Å². The van der Waals surface area contributed by atoms with E-state index >= 15 is 0 Å². The van der Waals surface area contributed by atoms with Gasteiger partial charge in [0.15, 0.2) is 0 Å². The first-order chi connectivity index (χ1) is 7.59. The third kappa shape index (κ3) is 8.08. The van der Waals surface area contributed by atoms with Gasteiger partial charge in [0.05, 0.1) is 0 Å². The molecule has 0 aliphatic rings. The van der Waals surface area contributed by atoms with Crippen molar-refractivity contribution in [1.29, 1.82) is 0 Å². The molecule has 3 heteroatoms. The van der Waals surface area contributed by atoms with Crippen molar-refractivity contribution in [2.75, 3.05) is 26.2 Å². The highest BCUT2D eigenvalue weighted by Crippen LogP contribution is 2.03. The maximum Gasteiger partial charge on any atom is 0.0431 e. The van der Waals surface area contributed by atoms with Gasteiger partial charge in [-0.25, -0.2) is 0 Å². The lowest BCUT2D eigenvalue weighted by molar-refractivity contribution is 0.176. The molecule has 16 heavy (non-hydrogen) atoms. The molecule has 0 aliphatic heterocycles. The quantitative estimate of drug-likeness (QED) is 0.562. The molecule has 0 heterocycles. The maximum atomic E-state index is 8.64. The Hall–Kier alpha value is -0.120. The van der Waals surface area contributed by atoms with Gasteiger partial charge in [0, 0.05) is 31.8 Å². The van der Waals surface area contributed by atoms with Gasteiger partial charge in [-0.1, -0.05) is 0 Å². The lowest BCUT2D eigenvalue weighted by Crippen LogP contribution is -2.41. The van der Waals surface area contributed by atoms with Crippen molar-refractivity contribution >= 4 is 0 Å². The van der Waals surface area contributed by atoms with E-state index in [-0.39, 0.29) is 0 Å². The van der Waals surface area contributed by atoms with Gasteiger partial charge in [0.25, 0.3) is 0 Å². The minimum atomic E-state index is 0.328. The molecule has 0 aromatic heterocycles. The number of hydrogen-bond donors (Lipinski definition) is 2. The molecule has 2 N–H and O–H groups in total. The number of unbranched alkanes of at least 4 members (excludes halogenated alkanes) is 2. The topological polar surface area (TPSA) is 35.5 Å². The Bertz CT molecular complexity index is 141. The molecule has 0 saturated heterocycles. The molecule has 3 nitrogen and oxygen atoms in total. The van der Waals surface area contributed by atoms with E-state index in [4.69, 9.17) is 5.11 Å². The van der Waals surface area contributed by atoms with E-state index in [1.165, 1.54) is 6.42 Å². The maximum absolute atomic E-state index is 8.64. The van der Waals surface area contributed by atoms with Crippen LogP contribution in [0.1, 0.15) is 47.0 Å². The molecular formula is C13H30N2O. The minimum Gasteiger partial charge on any atom is -0.396 e. The number of nitrogens with zero attached hydrogens (tertiary/aromatic N) is 1. The highest BCUT2D eigenvalue weighted by atomic mass is 16.2. The summed E-state index contributed by atoms with van der Waals surface area (Å²) in [6.07, 6.45) is 3.23. The van der Waals surface area contributed by atoms with E-state index < -0.39 is 0 Å². The summed E-state index contributed by atoms with van der Waals surface area (Å²) in [5.74, 6) is 0. The Morgan fingerprint density at radius 1 is 0.938 bits per heavy atom. The average Bonchev–Trinajstić information content (AvgIpc) is 2.21. The van der Waals surface area contributed by atoms with Gasteiger partial charge in [-0.2, -0.15) is 0 Å². The van der Waals surface area contributed by atoms with Crippen LogP contribution in [0, 0.1) is 0 Å². The van der Waals surface area contributed by atoms with Crippen LogP contribution >= 0.6 is 0 Å². The van der Waals surface area contributed by atoms with Gasteiger partial charge in [-0.05, 0) is 53.5 Å². The van der Waals surface area contributed by atoms with E-state index in [9.17, 15) is 0 Å². The monoisotopic (exact) mass is 230 g/mol. The highest BCUT2D eigenvalue weighted by Gasteiger charge is 2.11. The fourth-order valence-electron chi connectivity index (χ4n) is 1.98. The minimum absolute atomic E-state index is 0.328. The molecule has 0 atom stereocenters. The average molecular weight is 230 g/mol. The van der Waals surface area contributed by atoms with Crippen molar-refractivity contribution in [3.05, 3.63) is 0 Å². The summed E-state index contributed by atoms with van der Waals surface area (Å²) < 4.78 is 0. The van der Waals surface area contributed by atoms with Gasteiger partial charge < -0.3 is 10.4 Å². The third-order valence-corrected chi connectivity index (χ3v) is 2.89. The molecule has 0 spiro atoms. The number of nitrogens with one attached hydrogen (secondary N) is 1. The largest absolute Gasteiger partial charge is 0.396 e. The van der Waals surface area contributed by atoms with Crippen molar-refractivity contribution in [2.45, 2.75) is 59.0 Å². The lowest BCUT2D eigenvalue weighted by Gasteiger charge is -2.30. The van der Waals surface area contributed by atoms with Crippen LogP contribution in [0.3, 0.4) is 0 Å². The van der Waals surface area contributed by atoms with Crippen molar-refractivity contribution < 1.29 is 5.11 Å². The molecule has 0 unspecified atom stereocenters. The smallest absolute Gasteiger partial charge is 0.0431 e. The third-order valence-electron chi connectivity index (χ3n) is 2.89. The van der Waals surface area contributed by atoms with Crippen LogP contribution in [0.4, 0.5) is 0 Å². The number of aliphatic hydroxyl groups excluding tert-OH is 1. The predicted molar refractivity (Wildman–Crippen MR) is 70.8 cm³/mol. The molecule has 98 valence electrons. The van der Waals surface area contributed by atoms with Gasteiger partial charge in [0.2, 0.25) is 0 Å². The van der Waals surface area contributed by atoms with Crippen LogP contribution in [-0.4, -0.2) is 48.3 Å². The van der Waals surface area contributed by atoms with E-state index in [0.717, 1.165) is 32.5 Å². The first-order valence-corrected chi connectivity index (χ1v) is 6.67. The molecule has 0 aromatic rings. The fraction of sp³-hybridized carbons (Fsp3) is 1.00. The highest BCUT2D eigenvalue weighted by molar-refractivity contribution is 4.68. The van der Waals surface area contributed by atoms with Crippen LogP contribution < -0.4 is 5.32 Å². The van der Waals surface area contributed by atoms with E-state index in [1.807, 2.05) is 0 Å². The molecule has 0 radical (unpaired) electrons. The molecule has 0 rings (SSSR count). The zero-order valence-corrected chi connectivity index (χ0v) is 11.5. The fourth-order valence-corrected chi connectivity index (χ4v) is 1.98. The second-order valence-electron chi connectivity index (χ2n) is 4.96. The Balaban J connectivity index is 3.41. The van der Waals surface area contributed by atoms with Crippen LogP contribution in [0.25, 0.3) is 0 Å². The normalized spacial score (nSPS) is 12.0. The standard InChI is InChI=1S/C13H30N2O/c1-12(2)15(13(3)4)10-9-14-8-6-5-7-11-16/h12-14,16H,5-11H2,1-4H3. The molecule has 0 fully saturated rings. The summed E-state index contributed by atoms with van der Waals surface area (Å²) >= 11 is 0. The van der Waals surface area contributed by atoms with Crippen LogP contribution in [-0.2, 0) is 0 Å². The molecule has 0 aromatic carbocycles. The summed E-state index contributed by atoms with van der Waals surface area (Å²) in [6.45, 7) is 12.6. The molecule has 0 saturated carbocycles. The van der Waals surface area contributed by atoms with Crippen molar-refractivity contribution in [1.82, 2.24) is 10.2 Å². The van der Waals surface area contributed by atoms with Crippen LogP contribution in [0.15, 0.2) is 0 Å². The molecule has 0 aliphatic carbocycles. The molecule has 0 bridgehead atoms. The Labute approximate surface area is 101 Å². The predicted octanol–water partition coefficient (Wildman–Crippen LogP) is 1.86. The lowest BCUT2D eigenvalue weighted by atomic mass is 10.2. The molecule has 0 amide bonds. The first-order valence-electron chi connectivity index (χ1n) is 6.67. The second-order valence-corrected chi connectivity index (χ2v) is 4.96. The summed E-state index contributed by atoms with van der Waals surface area (Å²) in [5.41, 5.74) is 0. The van der Waals surface area contributed by atoms with Crippen molar-refractivity contribution in [3.63, 3.8) is 0 Å². The Morgan fingerprint density at radius 3 is 2.06 bits per heavy atom. The molecular weight excluding hydrogens is 200 g/mol. The Kier molecular flexibility index (Phi) is 9.99. The second kappa shape index (κ2) is 10.1. The zero-order valence-electron chi connectivity index (χ0n) is 11.5. The Morgan fingerprint density at radius 2 is 1.56 bits per heavy atom. The SMILES string of the molecule is CC(C)N(CCNCCCCCO)C(C)C. The van der Waals surface area contributed by atoms with E-state index in [2.05, 4.69) is 37.9 Å². The van der Waals surface area contributed by atoms with Crippen molar-refractivity contribution in [3.8, 4) is 0 Å². The number of rotatable bonds is 10. The summed E-state index contributed by atoms with van der Waals surface area (Å²) in [6, 6.07) is 1.24. The summed E-state index contributed by atoms with van der Waals surface area (Å²) in [5, 5.41) is 12.1. The zero-order chi connectivity index (χ0) is 12.4. The number of aliphatic hydroxyl groups is 1. The van der Waals surface area contributed by atoms with Gasteiger partial charge in [-0.3, -0.25) is 4.90 Å². The van der Waals surface area contributed by atoms with E-state index in [0.29, 0.717) is 18.7 Å². The first kappa shape index (κ1) is 15.9. The summed E-state index contributed by atoms with van der Waals surface area (Å²) in [4.78, 5) is 2.50. The van der Waals surface area contributed by atoms with Gasteiger partial charge >= 0.3 is 0 Å². The number of hydrogen-bond acceptors (Lipinski definition) is 3. The van der Waals surface area contributed by atoms with Crippen LogP contribution in [0.2, 0.25) is 0 Å². The van der Waals surface area contributed by atoms with Gasteiger partial charge in [-0.15, -0.1) is 0 Å². The van der Waals surface area contributed by atoms with E-state index in [1.54, 1.807) is 0 Å².